The van der Waals surface area contributed by atoms with E-state index in [0.29, 0.717) is 12.4 Å². The van der Waals surface area contributed by atoms with Gasteiger partial charge in [0.25, 0.3) is 0 Å². The van der Waals surface area contributed by atoms with Gasteiger partial charge in [-0.3, -0.25) is 0 Å². The Hall–Kier alpha value is -2.10. The number of benzene rings is 1. The van der Waals surface area contributed by atoms with E-state index in [2.05, 4.69) is 6.92 Å². The number of aryl methyl sites for hydroxylation is 2. The number of rotatable bonds is 18. The number of esters is 2. The first-order chi connectivity index (χ1) is 15.5. The van der Waals surface area contributed by atoms with E-state index in [-0.39, 0.29) is 0 Å². The van der Waals surface area contributed by atoms with Crippen LogP contribution in [0.25, 0.3) is 0 Å². The van der Waals surface area contributed by atoms with E-state index in [1.165, 1.54) is 77.0 Å². The number of carbonyl (C=O) groups excluding carboxylic acids is 2. The summed E-state index contributed by atoms with van der Waals surface area (Å²) in [4.78, 5) is 23.5. The molecule has 0 saturated carbocycles. The van der Waals surface area contributed by atoms with Crippen molar-refractivity contribution in [3.05, 3.63) is 41.5 Å². The number of hydrogen-bond acceptors (Lipinski definition) is 4. The monoisotopic (exact) mass is 444 g/mol. The summed E-state index contributed by atoms with van der Waals surface area (Å²) in [6.45, 7) is 6.61. The van der Waals surface area contributed by atoms with Crippen LogP contribution >= 0.6 is 0 Å². The van der Waals surface area contributed by atoms with Crippen LogP contribution in [0.5, 0.6) is 5.75 Å². The van der Waals surface area contributed by atoms with E-state index in [0.717, 1.165) is 36.1 Å². The van der Waals surface area contributed by atoms with Crippen LogP contribution in [0.3, 0.4) is 0 Å². The molecule has 1 aromatic rings. The highest BCUT2D eigenvalue weighted by Gasteiger charge is 2.04. The summed E-state index contributed by atoms with van der Waals surface area (Å²) in [7, 11) is 0. The standard InChI is InChI=1S/C28H44O4/c1-4-5-6-7-8-9-10-11-12-13-14-15-16-17-22-31-27(29)20-21-28(30)32-26-19-18-24(2)25(3)23-26/h18-21,23H,4-17,22H2,1-3H3/b21-20+. The number of carbonyl (C=O) groups is 2. The quantitative estimate of drug-likeness (QED) is 0.100. The number of ether oxygens (including phenoxy) is 2. The molecule has 0 N–H and O–H groups in total. The van der Waals surface area contributed by atoms with Gasteiger partial charge < -0.3 is 9.47 Å². The summed E-state index contributed by atoms with van der Waals surface area (Å²) in [5.74, 6) is -0.614. The van der Waals surface area contributed by atoms with Crippen LogP contribution in [0.2, 0.25) is 0 Å². The molecule has 0 aliphatic rings. The molecule has 0 fully saturated rings. The molecule has 32 heavy (non-hydrogen) atoms. The second kappa shape index (κ2) is 18.5. The van der Waals surface area contributed by atoms with E-state index in [1.54, 1.807) is 12.1 Å². The van der Waals surface area contributed by atoms with Crippen molar-refractivity contribution in [3.8, 4) is 5.75 Å². The van der Waals surface area contributed by atoms with Crippen LogP contribution in [0.15, 0.2) is 30.4 Å². The molecule has 0 amide bonds. The van der Waals surface area contributed by atoms with Gasteiger partial charge in [-0.2, -0.15) is 0 Å². The first-order valence-corrected chi connectivity index (χ1v) is 12.7. The molecule has 0 aliphatic carbocycles. The lowest BCUT2D eigenvalue weighted by Gasteiger charge is -2.05. The second-order valence-electron chi connectivity index (χ2n) is 8.76. The maximum atomic E-state index is 11.8. The zero-order chi connectivity index (χ0) is 23.4. The van der Waals surface area contributed by atoms with Crippen LogP contribution < -0.4 is 4.74 Å². The smallest absolute Gasteiger partial charge is 0.336 e. The number of unbranched alkanes of at least 4 members (excludes halogenated alkanes) is 13. The Morgan fingerprint density at radius 2 is 1.19 bits per heavy atom. The van der Waals surface area contributed by atoms with Crippen molar-refractivity contribution >= 4 is 11.9 Å². The maximum absolute atomic E-state index is 11.8. The van der Waals surface area contributed by atoms with E-state index in [4.69, 9.17) is 9.47 Å². The molecular weight excluding hydrogens is 400 g/mol. The lowest BCUT2D eigenvalue weighted by atomic mass is 10.0. The highest BCUT2D eigenvalue weighted by molar-refractivity contribution is 5.92. The molecule has 1 aromatic carbocycles. The van der Waals surface area contributed by atoms with Gasteiger partial charge in [-0.1, -0.05) is 96.5 Å². The normalized spacial score (nSPS) is 11.1. The highest BCUT2D eigenvalue weighted by atomic mass is 16.5. The molecule has 0 aliphatic heterocycles. The molecular formula is C28H44O4. The fourth-order valence-electron chi connectivity index (χ4n) is 3.58. The maximum Gasteiger partial charge on any atom is 0.336 e. The van der Waals surface area contributed by atoms with Gasteiger partial charge in [-0.05, 0) is 43.5 Å². The first-order valence-electron chi connectivity index (χ1n) is 12.7. The topological polar surface area (TPSA) is 52.6 Å². The van der Waals surface area contributed by atoms with Crippen LogP contribution in [0.4, 0.5) is 0 Å². The summed E-state index contributed by atoms with van der Waals surface area (Å²) < 4.78 is 10.3. The zero-order valence-corrected chi connectivity index (χ0v) is 20.6. The molecule has 0 radical (unpaired) electrons. The first kappa shape index (κ1) is 27.9. The van der Waals surface area contributed by atoms with Gasteiger partial charge in [-0.25, -0.2) is 9.59 Å². The third-order valence-corrected chi connectivity index (χ3v) is 5.79. The second-order valence-corrected chi connectivity index (χ2v) is 8.76. The van der Waals surface area contributed by atoms with Gasteiger partial charge in [0, 0.05) is 12.2 Å². The van der Waals surface area contributed by atoms with Crippen molar-refractivity contribution in [2.45, 2.75) is 111 Å². The Morgan fingerprint density at radius 1 is 0.688 bits per heavy atom. The number of hydrogen-bond donors (Lipinski definition) is 0. The summed E-state index contributed by atoms with van der Waals surface area (Å²) in [5.41, 5.74) is 2.18. The van der Waals surface area contributed by atoms with Gasteiger partial charge in [0.2, 0.25) is 0 Å². The van der Waals surface area contributed by atoms with E-state index < -0.39 is 11.9 Å². The van der Waals surface area contributed by atoms with Gasteiger partial charge >= 0.3 is 11.9 Å². The fraction of sp³-hybridized carbons (Fsp3) is 0.643. The van der Waals surface area contributed by atoms with Crippen molar-refractivity contribution in [1.82, 2.24) is 0 Å². The molecule has 4 heteroatoms. The van der Waals surface area contributed by atoms with Crippen LogP contribution in [0, 0.1) is 13.8 Å². The lowest BCUT2D eigenvalue weighted by molar-refractivity contribution is -0.138. The zero-order valence-electron chi connectivity index (χ0n) is 20.6. The highest BCUT2D eigenvalue weighted by Crippen LogP contribution is 2.16. The minimum absolute atomic E-state index is 0.396. The summed E-state index contributed by atoms with van der Waals surface area (Å²) in [6.07, 6.45) is 20.3. The van der Waals surface area contributed by atoms with Crippen LogP contribution in [-0.2, 0) is 14.3 Å². The predicted molar refractivity (Wildman–Crippen MR) is 132 cm³/mol. The molecule has 0 saturated heterocycles. The Balaban J connectivity index is 1.94. The van der Waals surface area contributed by atoms with Crippen molar-refractivity contribution in [3.63, 3.8) is 0 Å². The molecule has 0 aromatic heterocycles. The average molecular weight is 445 g/mol. The van der Waals surface area contributed by atoms with Gasteiger partial charge in [0.05, 0.1) is 6.61 Å². The molecule has 0 bridgehead atoms. The van der Waals surface area contributed by atoms with Crippen LogP contribution in [-0.4, -0.2) is 18.5 Å². The lowest BCUT2D eigenvalue weighted by Crippen LogP contribution is -2.07. The van der Waals surface area contributed by atoms with E-state index in [9.17, 15) is 9.59 Å². The SMILES string of the molecule is CCCCCCCCCCCCCCCCOC(=O)/C=C/C(=O)Oc1ccc(C)c(C)c1. The summed E-state index contributed by atoms with van der Waals surface area (Å²) in [6, 6.07) is 5.43. The molecule has 0 unspecified atom stereocenters. The Labute approximate surface area is 195 Å². The minimum atomic E-state index is -0.582. The van der Waals surface area contributed by atoms with Crippen molar-refractivity contribution < 1.29 is 19.1 Å². The van der Waals surface area contributed by atoms with Crippen molar-refractivity contribution in [1.29, 1.82) is 0 Å². The summed E-state index contributed by atoms with van der Waals surface area (Å²) in [5, 5.41) is 0. The van der Waals surface area contributed by atoms with Crippen molar-refractivity contribution in [2.24, 2.45) is 0 Å². The third kappa shape index (κ3) is 14.8. The van der Waals surface area contributed by atoms with Gasteiger partial charge in [0.15, 0.2) is 0 Å². The Bertz CT molecular complexity index is 678. The van der Waals surface area contributed by atoms with Crippen molar-refractivity contribution in [2.75, 3.05) is 6.61 Å². The Kier molecular flexibility index (Phi) is 16.1. The summed E-state index contributed by atoms with van der Waals surface area (Å²) >= 11 is 0. The largest absolute Gasteiger partial charge is 0.463 e. The molecule has 180 valence electrons. The van der Waals surface area contributed by atoms with E-state index in [1.807, 2.05) is 19.9 Å². The fourth-order valence-corrected chi connectivity index (χ4v) is 3.58. The van der Waals surface area contributed by atoms with Gasteiger partial charge in [0.1, 0.15) is 5.75 Å². The van der Waals surface area contributed by atoms with Crippen LogP contribution in [0.1, 0.15) is 108 Å². The molecule has 4 nitrogen and oxygen atoms in total. The molecule has 0 spiro atoms. The molecule has 1 rings (SSSR count). The average Bonchev–Trinajstić information content (AvgIpc) is 2.77. The Morgan fingerprint density at radius 3 is 1.72 bits per heavy atom. The minimum Gasteiger partial charge on any atom is -0.463 e. The molecule has 0 atom stereocenters. The van der Waals surface area contributed by atoms with Gasteiger partial charge in [-0.15, -0.1) is 0 Å². The van der Waals surface area contributed by atoms with E-state index >= 15 is 0 Å². The predicted octanol–water partition coefficient (Wildman–Crippen LogP) is 7.79. The third-order valence-electron chi connectivity index (χ3n) is 5.79. The molecule has 0 heterocycles.